The number of hydrogen-bond donors (Lipinski definition) is 4. The van der Waals surface area contributed by atoms with Crippen molar-refractivity contribution in [2.45, 2.75) is 25.4 Å². The maximum absolute atomic E-state index is 14.2. The first-order valence-corrected chi connectivity index (χ1v) is 10.3. The van der Waals surface area contributed by atoms with Crippen LogP contribution in [-0.2, 0) is 6.54 Å². The summed E-state index contributed by atoms with van der Waals surface area (Å²) in [7, 11) is 0. The number of rotatable bonds is 5. The summed E-state index contributed by atoms with van der Waals surface area (Å²) in [6.07, 6.45) is 5.05. The van der Waals surface area contributed by atoms with E-state index < -0.39 is 5.69 Å². The lowest BCUT2D eigenvalue weighted by molar-refractivity contribution is 0.454. The fourth-order valence-electron chi connectivity index (χ4n) is 3.00. The van der Waals surface area contributed by atoms with E-state index in [1.165, 1.54) is 10.6 Å². The van der Waals surface area contributed by atoms with Gasteiger partial charge in [-0.25, -0.2) is 14.2 Å². The molecule has 0 spiro atoms. The lowest BCUT2D eigenvalue weighted by atomic mass is 10.2. The van der Waals surface area contributed by atoms with Gasteiger partial charge in [-0.3, -0.25) is 4.98 Å². The molecule has 0 unspecified atom stereocenters. The highest BCUT2D eigenvalue weighted by atomic mass is 79.9. The molecule has 31 heavy (non-hydrogen) atoms. The van der Waals surface area contributed by atoms with Crippen LogP contribution in [0.25, 0.3) is 11.7 Å². The number of halogens is 2. The van der Waals surface area contributed by atoms with Crippen LogP contribution in [0.3, 0.4) is 0 Å². The van der Waals surface area contributed by atoms with Crippen molar-refractivity contribution in [1.29, 1.82) is 0 Å². The minimum absolute atomic E-state index is 0.178. The van der Waals surface area contributed by atoms with Gasteiger partial charge in [-0.2, -0.15) is 19.6 Å². The number of aromatic nitrogens is 6. The Kier molecular flexibility index (Phi) is 4.77. The zero-order chi connectivity index (χ0) is 21.5. The summed E-state index contributed by atoms with van der Waals surface area (Å²) < 4.78 is 16.3. The monoisotopic (exact) mass is 486 g/mol. The average Bonchev–Trinajstić information content (AvgIpc) is 3.36. The highest BCUT2D eigenvalue weighted by Crippen LogP contribution is 2.22. The van der Waals surface area contributed by atoms with E-state index >= 15 is 0 Å². The molecule has 0 amide bonds. The Morgan fingerprint density at radius 3 is 2.90 bits per heavy atom. The molecular formula is C19H16BrFN8O2. The molecule has 1 aliphatic rings. The summed E-state index contributed by atoms with van der Waals surface area (Å²) in [5.74, 6) is -0.377. The Hall–Kier alpha value is -3.54. The molecule has 0 aliphatic heterocycles. The van der Waals surface area contributed by atoms with Gasteiger partial charge in [0.25, 0.3) is 5.62 Å². The quantitative estimate of drug-likeness (QED) is 0.331. The summed E-state index contributed by atoms with van der Waals surface area (Å²) >= 11 is 3.24. The molecule has 0 saturated heterocycles. The second-order valence-corrected chi connectivity index (χ2v) is 8.03. The molecule has 0 bridgehead atoms. The van der Waals surface area contributed by atoms with Crippen LogP contribution >= 0.6 is 15.9 Å². The minimum atomic E-state index is -0.529. The van der Waals surface area contributed by atoms with Crippen molar-refractivity contribution in [3.63, 3.8) is 0 Å². The van der Waals surface area contributed by atoms with Crippen LogP contribution in [0, 0.1) is 5.82 Å². The predicted octanol–water partition coefficient (Wildman–Crippen LogP) is 0.971. The summed E-state index contributed by atoms with van der Waals surface area (Å²) in [4.78, 5) is 29.7. The predicted molar refractivity (Wildman–Crippen MR) is 113 cm³/mol. The minimum Gasteiger partial charge on any atom is -0.493 e. The lowest BCUT2D eigenvalue weighted by Crippen LogP contribution is -2.24. The Morgan fingerprint density at radius 2 is 2.19 bits per heavy atom. The molecule has 0 atom stereocenters. The van der Waals surface area contributed by atoms with E-state index in [4.69, 9.17) is 0 Å². The molecule has 1 aromatic carbocycles. The number of anilines is 1. The molecule has 1 aliphatic carbocycles. The number of benzene rings is 1. The van der Waals surface area contributed by atoms with Crippen LogP contribution < -0.4 is 21.8 Å². The van der Waals surface area contributed by atoms with Crippen LogP contribution in [0.4, 0.5) is 10.3 Å². The van der Waals surface area contributed by atoms with Crippen LogP contribution in [0.5, 0.6) is 5.88 Å². The van der Waals surface area contributed by atoms with Crippen molar-refractivity contribution in [3.8, 4) is 5.88 Å². The van der Waals surface area contributed by atoms with E-state index in [0.29, 0.717) is 26.5 Å². The van der Waals surface area contributed by atoms with Gasteiger partial charge in [0.05, 0.1) is 12.2 Å². The van der Waals surface area contributed by atoms with Crippen LogP contribution in [0.15, 0.2) is 38.7 Å². The molecule has 3 aromatic heterocycles. The standard InChI is InChI=1S/C19H16BrFN8O2/c20-11-2-1-9(13(21)6-11)7-22-17-26-15-10(5-14-16(30)27-19(31)25-14)8-23-29(15)18(28-17)24-12-3-4-12/h1-2,5-6,8,12,30H,3-4,7H2,(H,22,24,28)(H2,25,27,31). The molecule has 12 heteroatoms. The zero-order valence-corrected chi connectivity index (χ0v) is 17.5. The van der Waals surface area contributed by atoms with Gasteiger partial charge in [0.2, 0.25) is 11.8 Å². The van der Waals surface area contributed by atoms with Crippen molar-refractivity contribution in [2.24, 2.45) is 4.99 Å². The first-order valence-electron chi connectivity index (χ1n) is 9.47. The Morgan fingerprint density at radius 1 is 1.35 bits per heavy atom. The third-order valence-corrected chi connectivity index (χ3v) is 5.20. The summed E-state index contributed by atoms with van der Waals surface area (Å²) in [5.41, 5.74) is 0.929. The molecule has 1 saturated carbocycles. The van der Waals surface area contributed by atoms with E-state index in [-0.39, 0.29) is 35.9 Å². The summed E-state index contributed by atoms with van der Waals surface area (Å²) in [6.45, 7) is 0.178. The van der Waals surface area contributed by atoms with E-state index in [1.54, 1.807) is 24.4 Å². The molecule has 1 fully saturated rings. The van der Waals surface area contributed by atoms with Crippen molar-refractivity contribution in [1.82, 2.24) is 29.5 Å². The van der Waals surface area contributed by atoms with E-state index in [2.05, 4.69) is 51.3 Å². The van der Waals surface area contributed by atoms with Crippen molar-refractivity contribution in [2.75, 3.05) is 5.32 Å². The number of aromatic hydroxyl groups is 1. The normalized spacial score (nSPS) is 15.2. The van der Waals surface area contributed by atoms with E-state index in [9.17, 15) is 14.3 Å². The van der Waals surface area contributed by atoms with Gasteiger partial charge in [-0.1, -0.05) is 22.0 Å². The highest BCUT2D eigenvalue weighted by molar-refractivity contribution is 9.10. The topological polar surface area (TPSA) is 136 Å². The molecule has 0 radical (unpaired) electrons. The molecule has 4 N–H and O–H groups in total. The highest BCUT2D eigenvalue weighted by Gasteiger charge is 2.21. The van der Waals surface area contributed by atoms with Gasteiger partial charge in [0.15, 0.2) is 5.65 Å². The average molecular weight is 487 g/mol. The van der Waals surface area contributed by atoms with E-state index in [0.717, 1.165) is 12.8 Å². The SMILES string of the molecule is O=c1[nH]c(O)c(C=c2cnn3c(=NC4CC4)nc(NCc4ccc(Br)cc4F)nc23)[nH]1. The fraction of sp³-hybridized carbons (Fsp3) is 0.211. The number of nitrogens with zero attached hydrogens (tertiary/aromatic N) is 5. The summed E-state index contributed by atoms with van der Waals surface area (Å²) in [5, 5.41) is 17.7. The number of nitrogens with one attached hydrogen (secondary N) is 3. The van der Waals surface area contributed by atoms with Gasteiger partial charge in [0, 0.05) is 21.8 Å². The van der Waals surface area contributed by atoms with Crippen LogP contribution in [0.2, 0.25) is 0 Å². The third kappa shape index (κ3) is 4.06. The second-order valence-electron chi connectivity index (χ2n) is 7.12. The number of imidazole rings is 1. The fourth-order valence-corrected chi connectivity index (χ4v) is 3.33. The van der Waals surface area contributed by atoms with Gasteiger partial charge < -0.3 is 15.4 Å². The molecular weight excluding hydrogens is 471 g/mol. The Balaban J connectivity index is 1.58. The van der Waals surface area contributed by atoms with Gasteiger partial charge in [0.1, 0.15) is 11.5 Å². The van der Waals surface area contributed by atoms with Crippen molar-refractivity contribution >= 4 is 33.6 Å². The number of H-pyrrole nitrogens is 2. The first-order chi connectivity index (χ1) is 15.0. The molecule has 3 heterocycles. The zero-order valence-electron chi connectivity index (χ0n) is 15.9. The molecule has 4 aromatic rings. The maximum atomic E-state index is 14.2. The lowest BCUT2D eigenvalue weighted by Gasteiger charge is -2.07. The van der Waals surface area contributed by atoms with Crippen LogP contribution in [-0.4, -0.2) is 40.7 Å². The summed E-state index contributed by atoms with van der Waals surface area (Å²) in [6, 6.07) is 5.01. The van der Waals surface area contributed by atoms with Crippen LogP contribution in [0.1, 0.15) is 24.1 Å². The van der Waals surface area contributed by atoms with Gasteiger partial charge >= 0.3 is 5.69 Å². The van der Waals surface area contributed by atoms with Crippen molar-refractivity contribution < 1.29 is 9.50 Å². The van der Waals surface area contributed by atoms with Crippen molar-refractivity contribution in [3.05, 3.63) is 67.3 Å². The third-order valence-electron chi connectivity index (χ3n) is 4.71. The number of aromatic amines is 2. The maximum Gasteiger partial charge on any atom is 0.326 e. The Labute approximate surface area is 181 Å². The van der Waals surface area contributed by atoms with E-state index in [1.807, 2.05) is 0 Å². The van der Waals surface area contributed by atoms with Gasteiger partial charge in [-0.15, -0.1) is 0 Å². The smallest absolute Gasteiger partial charge is 0.326 e. The second kappa shape index (κ2) is 7.61. The first kappa shape index (κ1) is 19.4. The van der Waals surface area contributed by atoms with Gasteiger partial charge in [-0.05, 0) is 31.1 Å². The number of fused-ring (bicyclic) bond motifs is 1. The Bertz CT molecular complexity index is 1470. The largest absolute Gasteiger partial charge is 0.493 e. The number of hydrogen-bond acceptors (Lipinski definition) is 7. The molecule has 158 valence electrons. The molecule has 10 nitrogen and oxygen atoms in total. The molecule has 5 rings (SSSR count).